The Morgan fingerprint density at radius 3 is 2.47 bits per heavy atom. The molecule has 0 heterocycles. The van der Waals surface area contributed by atoms with E-state index >= 15 is 0 Å². The Bertz CT molecular complexity index is 282. The Balaban J connectivity index is 4.57. The monoisotopic (exact) mass is 272 g/mol. The van der Waals surface area contributed by atoms with Gasteiger partial charge in [-0.3, -0.25) is 4.79 Å². The number of hydrogen-bond donors (Lipinski definition) is 3. The molecule has 1 amide bonds. The van der Waals surface area contributed by atoms with Crippen molar-refractivity contribution in [1.29, 1.82) is 0 Å². The fraction of sp³-hybridized carbons (Fsp3) is 0.786. The lowest BCUT2D eigenvalue weighted by atomic mass is 10.1. The maximum absolute atomic E-state index is 12.0. The zero-order valence-electron chi connectivity index (χ0n) is 12.1. The molecule has 112 valence electrons. The molecule has 0 aliphatic carbocycles. The van der Waals surface area contributed by atoms with Crippen LogP contribution in [0.3, 0.4) is 0 Å². The average Bonchev–Trinajstić information content (AvgIpc) is 2.43. The van der Waals surface area contributed by atoms with Crippen molar-refractivity contribution >= 4 is 5.91 Å². The highest BCUT2D eigenvalue weighted by Crippen LogP contribution is 2.07. The predicted octanol–water partition coefficient (Wildman–Crippen LogP) is 0.652. The maximum atomic E-state index is 12.0. The molecule has 2 atom stereocenters. The molecule has 0 aromatic carbocycles. The van der Waals surface area contributed by atoms with E-state index in [0.717, 1.165) is 19.3 Å². The molecule has 0 aromatic heterocycles. The minimum atomic E-state index is -0.748. The highest BCUT2D eigenvalue weighted by atomic mass is 16.3. The molecule has 0 fully saturated rings. The van der Waals surface area contributed by atoms with Crippen LogP contribution < -0.4 is 5.73 Å². The standard InChI is InChI=1S/C14H28N2O3/c1-4-6-7-8-16(14(19)11(3)10-17)9-13(18)12(15)5-2/h12-13,17-18H,3-10,15H2,1-2H3/t12-,13?/m1/s1. The molecule has 5 nitrogen and oxygen atoms in total. The zero-order chi connectivity index (χ0) is 14.8. The molecular weight excluding hydrogens is 244 g/mol. The van der Waals surface area contributed by atoms with E-state index < -0.39 is 6.10 Å². The predicted molar refractivity (Wildman–Crippen MR) is 76.6 cm³/mol. The van der Waals surface area contributed by atoms with Gasteiger partial charge in [0.15, 0.2) is 0 Å². The summed E-state index contributed by atoms with van der Waals surface area (Å²) in [7, 11) is 0. The fourth-order valence-electron chi connectivity index (χ4n) is 1.75. The summed E-state index contributed by atoms with van der Waals surface area (Å²) in [6.07, 6.45) is 2.85. The number of carbonyl (C=O) groups excluding carboxylic acids is 1. The van der Waals surface area contributed by atoms with E-state index in [0.29, 0.717) is 13.0 Å². The van der Waals surface area contributed by atoms with Crippen molar-refractivity contribution in [2.75, 3.05) is 19.7 Å². The molecule has 0 rings (SSSR count). The van der Waals surface area contributed by atoms with Crippen molar-refractivity contribution in [3.63, 3.8) is 0 Å². The van der Waals surface area contributed by atoms with Gasteiger partial charge < -0.3 is 20.8 Å². The molecule has 0 bridgehead atoms. The first-order valence-corrected chi connectivity index (χ1v) is 6.99. The first-order chi connectivity index (χ1) is 8.97. The maximum Gasteiger partial charge on any atom is 0.251 e. The zero-order valence-corrected chi connectivity index (χ0v) is 12.1. The molecule has 0 radical (unpaired) electrons. The number of carbonyl (C=O) groups is 1. The van der Waals surface area contributed by atoms with Gasteiger partial charge in [-0.05, 0) is 12.8 Å². The van der Waals surface area contributed by atoms with Gasteiger partial charge >= 0.3 is 0 Å². The molecule has 0 aliphatic rings. The minimum absolute atomic E-state index is 0.147. The summed E-state index contributed by atoms with van der Waals surface area (Å²) in [6.45, 7) is 7.90. The molecule has 0 aromatic rings. The summed E-state index contributed by atoms with van der Waals surface area (Å²) in [6, 6.07) is -0.344. The Hall–Kier alpha value is -0.910. The van der Waals surface area contributed by atoms with Crippen molar-refractivity contribution in [1.82, 2.24) is 4.90 Å². The van der Waals surface area contributed by atoms with E-state index in [1.54, 1.807) is 0 Å². The summed E-state index contributed by atoms with van der Waals surface area (Å²) in [5.74, 6) is -0.305. The van der Waals surface area contributed by atoms with Crippen LogP contribution in [0.2, 0.25) is 0 Å². The molecule has 4 N–H and O–H groups in total. The van der Waals surface area contributed by atoms with Gasteiger partial charge in [-0.2, -0.15) is 0 Å². The van der Waals surface area contributed by atoms with Crippen LogP contribution in [0, 0.1) is 0 Å². The van der Waals surface area contributed by atoms with Crippen molar-refractivity contribution in [3.8, 4) is 0 Å². The quantitative estimate of drug-likeness (QED) is 0.402. The van der Waals surface area contributed by atoms with Gasteiger partial charge in [0.2, 0.25) is 0 Å². The van der Waals surface area contributed by atoms with Crippen LogP contribution in [0.5, 0.6) is 0 Å². The molecular formula is C14H28N2O3. The van der Waals surface area contributed by atoms with Crippen molar-refractivity contribution in [3.05, 3.63) is 12.2 Å². The summed E-state index contributed by atoms with van der Waals surface area (Å²) >= 11 is 0. The molecule has 0 aliphatic heterocycles. The fourth-order valence-corrected chi connectivity index (χ4v) is 1.75. The van der Waals surface area contributed by atoms with E-state index in [9.17, 15) is 9.90 Å². The highest BCUT2D eigenvalue weighted by molar-refractivity contribution is 5.93. The van der Waals surface area contributed by atoms with Gasteiger partial charge in [0.25, 0.3) is 5.91 Å². The van der Waals surface area contributed by atoms with Gasteiger partial charge in [0.1, 0.15) is 0 Å². The van der Waals surface area contributed by atoms with Gasteiger partial charge in [0, 0.05) is 24.7 Å². The van der Waals surface area contributed by atoms with E-state index in [-0.39, 0.29) is 30.7 Å². The third-order valence-corrected chi connectivity index (χ3v) is 3.19. The number of unbranched alkanes of at least 4 members (excludes halogenated alkanes) is 2. The number of rotatable bonds is 10. The van der Waals surface area contributed by atoms with Gasteiger partial charge in [0.05, 0.1) is 12.7 Å². The SMILES string of the molecule is C=C(CO)C(=O)N(CCCCC)CC(O)[C@H](N)CC. The van der Waals surface area contributed by atoms with Gasteiger partial charge in [-0.15, -0.1) is 0 Å². The Morgan fingerprint density at radius 1 is 1.37 bits per heavy atom. The van der Waals surface area contributed by atoms with E-state index in [2.05, 4.69) is 13.5 Å². The third kappa shape index (κ3) is 6.71. The van der Waals surface area contributed by atoms with E-state index in [4.69, 9.17) is 10.8 Å². The summed E-state index contributed by atoms with van der Waals surface area (Å²) in [5, 5.41) is 18.9. The average molecular weight is 272 g/mol. The summed E-state index contributed by atoms with van der Waals surface area (Å²) in [4.78, 5) is 13.6. The first-order valence-electron chi connectivity index (χ1n) is 6.99. The number of aliphatic hydroxyl groups excluding tert-OH is 2. The number of amides is 1. The number of nitrogens with zero attached hydrogens (tertiary/aromatic N) is 1. The van der Waals surface area contributed by atoms with Crippen molar-refractivity contribution < 1.29 is 15.0 Å². The van der Waals surface area contributed by atoms with Crippen LogP contribution in [-0.4, -0.2) is 52.9 Å². The van der Waals surface area contributed by atoms with E-state index in [1.807, 2.05) is 6.92 Å². The molecule has 1 unspecified atom stereocenters. The number of aliphatic hydroxyl groups is 2. The normalized spacial score (nSPS) is 13.9. The lowest BCUT2D eigenvalue weighted by Gasteiger charge is -2.28. The van der Waals surface area contributed by atoms with Crippen LogP contribution in [0.4, 0.5) is 0 Å². The van der Waals surface area contributed by atoms with Crippen LogP contribution >= 0.6 is 0 Å². The Labute approximate surface area is 116 Å². The van der Waals surface area contributed by atoms with Crippen LogP contribution in [0.1, 0.15) is 39.5 Å². The Morgan fingerprint density at radius 2 is 2.00 bits per heavy atom. The van der Waals surface area contributed by atoms with Crippen molar-refractivity contribution in [2.24, 2.45) is 5.73 Å². The van der Waals surface area contributed by atoms with Crippen LogP contribution in [0.15, 0.2) is 12.2 Å². The molecule has 0 saturated heterocycles. The van der Waals surface area contributed by atoms with Crippen LogP contribution in [0.25, 0.3) is 0 Å². The molecule has 0 spiro atoms. The Kier molecular flexibility index (Phi) is 9.47. The first kappa shape index (κ1) is 18.1. The summed E-state index contributed by atoms with van der Waals surface area (Å²) < 4.78 is 0. The highest BCUT2D eigenvalue weighted by Gasteiger charge is 2.22. The lowest BCUT2D eigenvalue weighted by molar-refractivity contribution is -0.129. The van der Waals surface area contributed by atoms with Gasteiger partial charge in [-0.25, -0.2) is 0 Å². The molecule has 5 heteroatoms. The summed E-state index contributed by atoms with van der Waals surface area (Å²) in [5.41, 5.74) is 5.92. The minimum Gasteiger partial charge on any atom is -0.391 e. The second-order valence-electron chi connectivity index (χ2n) is 4.86. The molecule has 19 heavy (non-hydrogen) atoms. The largest absolute Gasteiger partial charge is 0.391 e. The molecule has 0 saturated carbocycles. The number of nitrogens with two attached hydrogens (primary N) is 1. The van der Waals surface area contributed by atoms with Crippen molar-refractivity contribution in [2.45, 2.75) is 51.7 Å². The third-order valence-electron chi connectivity index (χ3n) is 3.19. The number of hydrogen-bond acceptors (Lipinski definition) is 4. The van der Waals surface area contributed by atoms with E-state index in [1.165, 1.54) is 4.90 Å². The topological polar surface area (TPSA) is 86.8 Å². The lowest BCUT2D eigenvalue weighted by Crippen LogP contribution is -2.46. The smallest absolute Gasteiger partial charge is 0.251 e. The van der Waals surface area contributed by atoms with Gasteiger partial charge in [-0.1, -0.05) is 33.3 Å². The second kappa shape index (κ2) is 9.95. The second-order valence-corrected chi connectivity index (χ2v) is 4.86. The van der Waals surface area contributed by atoms with Crippen LogP contribution in [-0.2, 0) is 4.79 Å².